The van der Waals surface area contributed by atoms with Gasteiger partial charge in [0.25, 0.3) is 0 Å². The van der Waals surface area contributed by atoms with Gasteiger partial charge in [-0.1, -0.05) is 0 Å². The highest BCUT2D eigenvalue weighted by atomic mass is 35.5. The molecule has 0 saturated heterocycles. The second kappa shape index (κ2) is 4.23. The third-order valence-corrected chi connectivity index (χ3v) is 1.74. The van der Waals surface area contributed by atoms with Gasteiger partial charge in [0.05, 0.1) is 6.33 Å². The number of halogens is 1. The van der Waals surface area contributed by atoms with E-state index < -0.39 is 0 Å². The zero-order valence-corrected chi connectivity index (χ0v) is 8.85. The Morgan fingerprint density at radius 2 is 2.21 bits per heavy atom. The van der Waals surface area contributed by atoms with Crippen molar-refractivity contribution in [1.29, 1.82) is 0 Å². The minimum atomic E-state index is 0. The number of anilines is 1. The van der Waals surface area contributed by atoms with Gasteiger partial charge in [0.15, 0.2) is 11.5 Å². The molecule has 0 fully saturated rings. The SMILES string of the molecule is CCNc1nc(C)nc2nc[nH]c12.Cl. The quantitative estimate of drug-likeness (QED) is 0.794. The van der Waals surface area contributed by atoms with Crippen molar-refractivity contribution in [2.75, 3.05) is 11.9 Å². The van der Waals surface area contributed by atoms with Crippen LogP contribution in [0.25, 0.3) is 11.2 Å². The van der Waals surface area contributed by atoms with Crippen LogP contribution in [0.4, 0.5) is 5.82 Å². The minimum Gasteiger partial charge on any atom is -0.368 e. The molecule has 0 amide bonds. The second-order valence-electron chi connectivity index (χ2n) is 2.75. The predicted molar refractivity (Wildman–Crippen MR) is 57.8 cm³/mol. The molecule has 0 aliphatic carbocycles. The molecule has 76 valence electrons. The Kier molecular flexibility index (Phi) is 3.24. The first-order valence-corrected chi connectivity index (χ1v) is 4.23. The number of nitrogens with zero attached hydrogens (tertiary/aromatic N) is 3. The molecule has 2 aromatic heterocycles. The van der Waals surface area contributed by atoms with Crippen LogP contribution < -0.4 is 5.32 Å². The minimum absolute atomic E-state index is 0. The molecule has 0 aromatic carbocycles. The molecule has 0 radical (unpaired) electrons. The fourth-order valence-electron chi connectivity index (χ4n) is 1.24. The normalized spacial score (nSPS) is 9.86. The molecule has 2 aromatic rings. The van der Waals surface area contributed by atoms with Crippen LogP contribution in [-0.2, 0) is 0 Å². The van der Waals surface area contributed by atoms with Crippen LogP contribution in [0.3, 0.4) is 0 Å². The van der Waals surface area contributed by atoms with Gasteiger partial charge in [-0.25, -0.2) is 15.0 Å². The van der Waals surface area contributed by atoms with E-state index in [0.29, 0.717) is 5.65 Å². The summed E-state index contributed by atoms with van der Waals surface area (Å²) in [5.41, 5.74) is 1.58. The topological polar surface area (TPSA) is 66.5 Å². The molecule has 0 atom stereocenters. The maximum atomic E-state index is 4.27. The molecular weight excluding hydrogens is 202 g/mol. The number of hydrogen-bond acceptors (Lipinski definition) is 4. The fraction of sp³-hybridized carbons (Fsp3) is 0.375. The molecule has 5 nitrogen and oxygen atoms in total. The van der Waals surface area contributed by atoms with Gasteiger partial charge in [-0.2, -0.15) is 0 Å². The van der Waals surface area contributed by atoms with Crippen LogP contribution in [0.15, 0.2) is 6.33 Å². The molecule has 0 spiro atoms. The number of rotatable bonds is 2. The van der Waals surface area contributed by atoms with E-state index in [1.165, 1.54) is 0 Å². The number of H-pyrrole nitrogens is 1. The number of aromatic nitrogens is 4. The first-order chi connectivity index (χ1) is 6.31. The number of hydrogen-bond donors (Lipinski definition) is 2. The van der Waals surface area contributed by atoms with E-state index in [-0.39, 0.29) is 12.4 Å². The van der Waals surface area contributed by atoms with E-state index in [2.05, 4.69) is 25.3 Å². The molecule has 0 aliphatic heterocycles. The maximum absolute atomic E-state index is 4.27. The molecule has 0 saturated carbocycles. The summed E-state index contributed by atoms with van der Waals surface area (Å²) in [4.78, 5) is 15.5. The monoisotopic (exact) mass is 213 g/mol. The summed E-state index contributed by atoms with van der Waals surface area (Å²) < 4.78 is 0. The van der Waals surface area contributed by atoms with Gasteiger partial charge in [0.2, 0.25) is 0 Å². The Labute approximate surface area is 87.8 Å². The van der Waals surface area contributed by atoms with Crippen molar-refractivity contribution < 1.29 is 0 Å². The van der Waals surface area contributed by atoms with Crippen LogP contribution >= 0.6 is 12.4 Å². The van der Waals surface area contributed by atoms with Gasteiger partial charge >= 0.3 is 0 Å². The Morgan fingerprint density at radius 3 is 2.93 bits per heavy atom. The van der Waals surface area contributed by atoms with Crippen LogP contribution in [0.1, 0.15) is 12.7 Å². The lowest BCUT2D eigenvalue weighted by molar-refractivity contribution is 1.06. The Bertz CT molecular complexity index is 425. The largest absolute Gasteiger partial charge is 0.368 e. The molecule has 2 rings (SSSR count). The summed E-state index contributed by atoms with van der Waals surface area (Å²) in [5.74, 6) is 1.55. The molecular formula is C8H12ClN5. The number of aryl methyl sites for hydroxylation is 1. The number of imidazole rings is 1. The number of fused-ring (bicyclic) bond motifs is 1. The highest BCUT2D eigenvalue weighted by Gasteiger charge is 2.05. The summed E-state index contributed by atoms with van der Waals surface area (Å²) in [6.07, 6.45) is 1.62. The first kappa shape index (κ1) is 10.7. The van der Waals surface area contributed by atoms with E-state index >= 15 is 0 Å². The highest BCUT2D eigenvalue weighted by Crippen LogP contribution is 2.15. The van der Waals surface area contributed by atoms with Crippen LogP contribution in [0.5, 0.6) is 0 Å². The second-order valence-corrected chi connectivity index (χ2v) is 2.75. The number of aromatic amines is 1. The van der Waals surface area contributed by atoms with E-state index in [0.717, 1.165) is 23.7 Å². The van der Waals surface area contributed by atoms with E-state index in [4.69, 9.17) is 0 Å². The smallest absolute Gasteiger partial charge is 0.183 e. The molecule has 2 heterocycles. The molecule has 0 unspecified atom stereocenters. The summed E-state index contributed by atoms with van der Waals surface area (Å²) in [5, 5.41) is 3.16. The molecule has 6 heteroatoms. The fourth-order valence-corrected chi connectivity index (χ4v) is 1.24. The summed E-state index contributed by atoms with van der Waals surface area (Å²) in [7, 11) is 0. The summed E-state index contributed by atoms with van der Waals surface area (Å²) in [6.45, 7) is 4.72. The average molecular weight is 214 g/mol. The van der Waals surface area contributed by atoms with Crippen molar-refractivity contribution in [3.8, 4) is 0 Å². The molecule has 2 N–H and O–H groups in total. The van der Waals surface area contributed by atoms with Crippen molar-refractivity contribution in [3.05, 3.63) is 12.2 Å². The first-order valence-electron chi connectivity index (χ1n) is 4.23. The van der Waals surface area contributed by atoms with Crippen molar-refractivity contribution in [2.45, 2.75) is 13.8 Å². The van der Waals surface area contributed by atoms with E-state index in [1.54, 1.807) is 6.33 Å². The van der Waals surface area contributed by atoms with Crippen molar-refractivity contribution >= 4 is 29.4 Å². The van der Waals surface area contributed by atoms with E-state index in [9.17, 15) is 0 Å². The van der Waals surface area contributed by atoms with E-state index in [1.807, 2.05) is 13.8 Å². The Hall–Kier alpha value is -1.36. The summed E-state index contributed by atoms with van der Waals surface area (Å²) >= 11 is 0. The standard InChI is InChI=1S/C8H11N5.ClH/c1-3-9-7-6-8(11-4-10-6)13-5(2)12-7;/h4H,3H2,1-2H3,(H2,9,10,11,12,13);1H. The molecule has 0 bridgehead atoms. The lowest BCUT2D eigenvalue weighted by atomic mass is 10.4. The van der Waals surface area contributed by atoms with Gasteiger partial charge in [0, 0.05) is 6.54 Å². The maximum Gasteiger partial charge on any atom is 0.183 e. The lowest BCUT2D eigenvalue weighted by Gasteiger charge is -2.03. The van der Waals surface area contributed by atoms with Gasteiger partial charge in [-0.05, 0) is 13.8 Å². The average Bonchev–Trinajstić information content (AvgIpc) is 2.52. The molecule has 14 heavy (non-hydrogen) atoms. The lowest BCUT2D eigenvalue weighted by Crippen LogP contribution is -2.02. The van der Waals surface area contributed by atoms with Gasteiger partial charge in [-0.3, -0.25) is 0 Å². The third kappa shape index (κ3) is 1.77. The predicted octanol–water partition coefficient (Wildman–Crippen LogP) is 1.51. The van der Waals surface area contributed by atoms with Crippen LogP contribution in [-0.4, -0.2) is 26.5 Å². The zero-order valence-electron chi connectivity index (χ0n) is 8.03. The Balaban J connectivity index is 0.000000980. The van der Waals surface area contributed by atoms with Gasteiger partial charge in [0.1, 0.15) is 11.3 Å². The Morgan fingerprint density at radius 1 is 1.43 bits per heavy atom. The summed E-state index contributed by atoms with van der Waals surface area (Å²) in [6, 6.07) is 0. The van der Waals surface area contributed by atoms with Crippen LogP contribution in [0, 0.1) is 6.92 Å². The number of nitrogens with one attached hydrogen (secondary N) is 2. The van der Waals surface area contributed by atoms with Crippen LogP contribution in [0.2, 0.25) is 0 Å². The van der Waals surface area contributed by atoms with Gasteiger partial charge in [-0.15, -0.1) is 12.4 Å². The third-order valence-electron chi connectivity index (χ3n) is 1.74. The molecule has 0 aliphatic rings. The van der Waals surface area contributed by atoms with Crippen molar-refractivity contribution in [1.82, 2.24) is 19.9 Å². The zero-order chi connectivity index (χ0) is 9.26. The van der Waals surface area contributed by atoms with Crippen molar-refractivity contribution in [3.63, 3.8) is 0 Å². The van der Waals surface area contributed by atoms with Crippen molar-refractivity contribution in [2.24, 2.45) is 0 Å². The highest BCUT2D eigenvalue weighted by molar-refractivity contribution is 5.85. The van der Waals surface area contributed by atoms with Gasteiger partial charge < -0.3 is 10.3 Å².